The van der Waals surface area contributed by atoms with Gasteiger partial charge in [-0.3, -0.25) is 4.79 Å². The number of amides is 1. The molecule has 0 fully saturated rings. The molecule has 0 saturated carbocycles. The number of aryl methyl sites for hydroxylation is 6. The summed E-state index contributed by atoms with van der Waals surface area (Å²) in [6.07, 6.45) is 1.77. The van der Waals surface area contributed by atoms with Crippen LogP contribution in [0.15, 0.2) is 24.3 Å². The second-order valence-electron chi connectivity index (χ2n) is 8.56. The van der Waals surface area contributed by atoms with Crippen molar-refractivity contribution >= 4 is 17.2 Å². The van der Waals surface area contributed by atoms with Crippen molar-refractivity contribution in [2.75, 3.05) is 13.1 Å². The summed E-state index contributed by atoms with van der Waals surface area (Å²) in [6, 6.07) is 8.29. The number of hydrogen-bond donors (Lipinski definition) is 1. The molecule has 2 aromatic rings. The fourth-order valence-corrected chi connectivity index (χ4v) is 4.59. The molecule has 30 heavy (non-hydrogen) atoms. The molecule has 0 bridgehead atoms. The van der Waals surface area contributed by atoms with Crippen molar-refractivity contribution < 1.29 is 9.90 Å². The number of carbonyl (C=O) groups is 1. The molecule has 0 saturated heterocycles. The number of aliphatic hydroxyl groups excluding tert-OH is 1. The molecule has 0 atom stereocenters. The van der Waals surface area contributed by atoms with Crippen molar-refractivity contribution in [3.05, 3.63) is 68.8 Å². The maximum Gasteiger partial charge on any atom is 0.258 e. The van der Waals surface area contributed by atoms with Gasteiger partial charge in [-0.1, -0.05) is 49.2 Å². The normalized spacial score (nSPS) is 12.0. The number of aliphatic hydroxyl groups is 1. The predicted molar refractivity (Wildman–Crippen MR) is 128 cm³/mol. The van der Waals surface area contributed by atoms with Crippen LogP contribution >= 0.6 is 0 Å². The minimum atomic E-state index is -0.0920. The number of hydrogen-bond acceptors (Lipinski definition) is 2. The van der Waals surface area contributed by atoms with Gasteiger partial charge >= 0.3 is 0 Å². The molecule has 0 aliphatic heterocycles. The van der Waals surface area contributed by atoms with E-state index >= 15 is 0 Å². The predicted octanol–water partition coefficient (Wildman–Crippen LogP) is 6.61. The number of nitrogens with zero attached hydrogens (tertiary/aromatic N) is 1. The Kier molecular flexibility index (Phi) is 7.89. The van der Waals surface area contributed by atoms with Crippen LogP contribution in [0.5, 0.6) is 0 Å². The molecule has 0 radical (unpaired) electrons. The Bertz CT molecular complexity index is 917. The van der Waals surface area contributed by atoms with E-state index in [0.717, 1.165) is 57.3 Å². The van der Waals surface area contributed by atoms with Gasteiger partial charge in [0.1, 0.15) is 5.76 Å². The Morgan fingerprint density at radius 2 is 1.10 bits per heavy atom. The summed E-state index contributed by atoms with van der Waals surface area (Å²) in [5.41, 5.74) is 8.32. The highest BCUT2D eigenvalue weighted by atomic mass is 16.3. The van der Waals surface area contributed by atoms with E-state index in [9.17, 15) is 9.90 Å². The van der Waals surface area contributed by atoms with E-state index in [-0.39, 0.29) is 11.7 Å². The topological polar surface area (TPSA) is 40.5 Å². The molecule has 0 spiro atoms. The third-order valence-electron chi connectivity index (χ3n) is 5.57. The summed E-state index contributed by atoms with van der Waals surface area (Å²) in [5, 5.41) is 11.6. The molecule has 0 heterocycles. The molecule has 3 nitrogen and oxygen atoms in total. The first kappa shape index (κ1) is 23.7. The lowest BCUT2D eigenvalue weighted by molar-refractivity contribution is -0.125. The van der Waals surface area contributed by atoms with Crippen molar-refractivity contribution in [3.8, 4) is 0 Å². The lowest BCUT2D eigenvalue weighted by Crippen LogP contribution is -2.34. The SMILES string of the molecule is CCCN(CCC)C(=O)/C(=C(\O)c1c(C)cc(C)cc1C)c1c(C)cc(C)cc1C. The van der Waals surface area contributed by atoms with Crippen LogP contribution in [0.2, 0.25) is 0 Å². The van der Waals surface area contributed by atoms with E-state index < -0.39 is 0 Å². The molecule has 0 unspecified atom stereocenters. The van der Waals surface area contributed by atoms with Crippen LogP contribution in [-0.4, -0.2) is 29.0 Å². The molecule has 0 aliphatic carbocycles. The molecule has 1 amide bonds. The van der Waals surface area contributed by atoms with E-state index in [0.29, 0.717) is 18.7 Å². The summed E-state index contributed by atoms with van der Waals surface area (Å²) >= 11 is 0. The Balaban J connectivity index is 2.87. The fourth-order valence-electron chi connectivity index (χ4n) is 4.59. The summed E-state index contributed by atoms with van der Waals surface area (Å²) in [4.78, 5) is 15.7. The van der Waals surface area contributed by atoms with Gasteiger partial charge in [0.25, 0.3) is 5.91 Å². The van der Waals surface area contributed by atoms with Gasteiger partial charge < -0.3 is 10.0 Å². The van der Waals surface area contributed by atoms with Crippen LogP contribution in [-0.2, 0) is 4.79 Å². The lowest BCUT2D eigenvalue weighted by atomic mass is 9.88. The standard InChI is InChI=1S/C27H37NO2/c1-9-11-28(12-10-2)27(30)25(23-19(5)13-17(3)14-20(23)6)26(29)24-21(7)15-18(4)16-22(24)8/h13-16,29H,9-12H2,1-8H3/b26-25-. The Hall–Kier alpha value is -2.55. The first-order valence-electron chi connectivity index (χ1n) is 11.0. The highest BCUT2D eigenvalue weighted by molar-refractivity contribution is 6.26. The molecule has 0 aliphatic rings. The van der Waals surface area contributed by atoms with E-state index in [2.05, 4.69) is 52.0 Å². The zero-order chi connectivity index (χ0) is 22.6. The van der Waals surface area contributed by atoms with E-state index in [1.165, 1.54) is 0 Å². The van der Waals surface area contributed by atoms with E-state index in [1.54, 1.807) is 0 Å². The van der Waals surface area contributed by atoms with Gasteiger partial charge in [0, 0.05) is 18.7 Å². The Labute approximate surface area is 182 Å². The molecule has 2 aromatic carbocycles. The van der Waals surface area contributed by atoms with Gasteiger partial charge in [0.05, 0.1) is 5.57 Å². The van der Waals surface area contributed by atoms with Crippen LogP contribution in [0.1, 0.15) is 71.2 Å². The van der Waals surface area contributed by atoms with Gasteiger partial charge in [0.15, 0.2) is 0 Å². The maximum atomic E-state index is 13.8. The molecule has 0 aromatic heterocycles. The maximum absolute atomic E-state index is 13.8. The van der Waals surface area contributed by atoms with Crippen LogP contribution in [0, 0.1) is 41.5 Å². The first-order chi connectivity index (χ1) is 14.1. The molecule has 2 rings (SSSR count). The second kappa shape index (κ2) is 9.97. The zero-order valence-electron chi connectivity index (χ0n) is 19.9. The second-order valence-corrected chi connectivity index (χ2v) is 8.56. The number of carbonyl (C=O) groups excluding carboxylic acids is 1. The van der Waals surface area contributed by atoms with Gasteiger partial charge in [-0.15, -0.1) is 0 Å². The molecule has 3 heteroatoms. The molecule has 162 valence electrons. The largest absolute Gasteiger partial charge is 0.506 e. The van der Waals surface area contributed by atoms with Crippen molar-refractivity contribution in [2.24, 2.45) is 0 Å². The smallest absolute Gasteiger partial charge is 0.258 e. The van der Waals surface area contributed by atoms with Gasteiger partial charge in [-0.2, -0.15) is 0 Å². The van der Waals surface area contributed by atoms with Crippen molar-refractivity contribution in [1.82, 2.24) is 4.90 Å². The Morgan fingerprint density at radius 1 is 0.733 bits per heavy atom. The third kappa shape index (κ3) is 4.95. The van der Waals surface area contributed by atoms with Crippen LogP contribution in [0.4, 0.5) is 0 Å². The van der Waals surface area contributed by atoms with Crippen LogP contribution < -0.4 is 0 Å². The van der Waals surface area contributed by atoms with Gasteiger partial charge in [0.2, 0.25) is 0 Å². The molecular weight excluding hydrogens is 370 g/mol. The van der Waals surface area contributed by atoms with Crippen LogP contribution in [0.3, 0.4) is 0 Å². The summed E-state index contributed by atoms with van der Waals surface area (Å²) in [7, 11) is 0. The molecule has 1 N–H and O–H groups in total. The van der Waals surface area contributed by atoms with Crippen LogP contribution in [0.25, 0.3) is 11.3 Å². The third-order valence-corrected chi connectivity index (χ3v) is 5.57. The summed E-state index contributed by atoms with van der Waals surface area (Å²) in [5.74, 6) is -0.00659. The summed E-state index contributed by atoms with van der Waals surface area (Å²) < 4.78 is 0. The van der Waals surface area contributed by atoms with E-state index in [4.69, 9.17) is 0 Å². The fraction of sp³-hybridized carbons (Fsp3) is 0.444. The van der Waals surface area contributed by atoms with Gasteiger partial charge in [-0.25, -0.2) is 0 Å². The van der Waals surface area contributed by atoms with Crippen molar-refractivity contribution in [2.45, 2.75) is 68.2 Å². The number of rotatable bonds is 7. The summed E-state index contributed by atoms with van der Waals surface area (Å²) in [6.45, 7) is 17.7. The highest BCUT2D eigenvalue weighted by Gasteiger charge is 2.27. The van der Waals surface area contributed by atoms with Crippen molar-refractivity contribution in [1.29, 1.82) is 0 Å². The quantitative estimate of drug-likeness (QED) is 0.319. The first-order valence-corrected chi connectivity index (χ1v) is 11.0. The molecular formula is C27H37NO2. The lowest BCUT2D eigenvalue weighted by Gasteiger charge is -2.26. The highest BCUT2D eigenvalue weighted by Crippen LogP contribution is 2.34. The minimum Gasteiger partial charge on any atom is -0.506 e. The minimum absolute atomic E-state index is 0.0854. The average Bonchev–Trinajstić information content (AvgIpc) is 2.62. The average molecular weight is 408 g/mol. The zero-order valence-corrected chi connectivity index (χ0v) is 19.9. The Morgan fingerprint density at radius 3 is 1.47 bits per heavy atom. The van der Waals surface area contributed by atoms with E-state index in [1.807, 2.05) is 32.6 Å². The van der Waals surface area contributed by atoms with Crippen molar-refractivity contribution in [3.63, 3.8) is 0 Å². The van der Waals surface area contributed by atoms with Gasteiger partial charge in [-0.05, 0) is 82.2 Å². The monoisotopic (exact) mass is 407 g/mol. The number of benzene rings is 2.